The van der Waals surface area contributed by atoms with E-state index in [0.717, 1.165) is 25.3 Å². The van der Waals surface area contributed by atoms with Crippen LogP contribution in [0.5, 0.6) is 0 Å². The predicted octanol–water partition coefficient (Wildman–Crippen LogP) is 3.19. The van der Waals surface area contributed by atoms with E-state index in [-0.39, 0.29) is 0 Å². The van der Waals surface area contributed by atoms with Gasteiger partial charge in [0.25, 0.3) is 0 Å². The van der Waals surface area contributed by atoms with Gasteiger partial charge in [0.15, 0.2) is 0 Å². The maximum Gasteiger partial charge on any atom is 0.0622 e. The van der Waals surface area contributed by atoms with Crippen molar-refractivity contribution in [3.05, 3.63) is 29.8 Å². The highest BCUT2D eigenvalue weighted by atomic mass is 32.2. The molecule has 16 heavy (non-hydrogen) atoms. The van der Waals surface area contributed by atoms with Crippen molar-refractivity contribution in [3.8, 4) is 6.07 Å². The number of hydrogen-bond acceptors (Lipinski definition) is 3. The van der Waals surface area contributed by atoms with Crippen molar-refractivity contribution in [1.29, 1.82) is 5.26 Å². The molecule has 0 aliphatic carbocycles. The van der Waals surface area contributed by atoms with Crippen molar-refractivity contribution in [1.82, 2.24) is 5.32 Å². The first-order valence-electron chi connectivity index (χ1n) is 5.66. The summed E-state index contributed by atoms with van der Waals surface area (Å²) in [6.45, 7) is 4.06. The molecule has 86 valence electrons. The first-order valence-corrected chi connectivity index (χ1v) is 6.64. The van der Waals surface area contributed by atoms with E-state index in [1.165, 1.54) is 10.5 Å². The van der Waals surface area contributed by atoms with E-state index < -0.39 is 0 Å². The van der Waals surface area contributed by atoms with Gasteiger partial charge in [-0.15, -0.1) is 11.8 Å². The summed E-state index contributed by atoms with van der Waals surface area (Å²) < 4.78 is 0. The zero-order chi connectivity index (χ0) is 11.6. The van der Waals surface area contributed by atoms with Crippen LogP contribution in [0.15, 0.2) is 29.2 Å². The smallest absolute Gasteiger partial charge is 0.0622 e. The minimum Gasteiger partial charge on any atom is -0.313 e. The lowest BCUT2D eigenvalue weighted by Gasteiger charge is -2.04. The summed E-state index contributed by atoms with van der Waals surface area (Å²) in [7, 11) is 0. The second-order valence-electron chi connectivity index (χ2n) is 3.53. The second-order valence-corrected chi connectivity index (χ2v) is 4.70. The molecule has 0 unspecified atom stereocenters. The van der Waals surface area contributed by atoms with Crippen molar-refractivity contribution in [2.45, 2.75) is 31.2 Å². The van der Waals surface area contributed by atoms with Crippen LogP contribution in [0.2, 0.25) is 0 Å². The Hall–Kier alpha value is -0.980. The monoisotopic (exact) mass is 234 g/mol. The lowest BCUT2D eigenvalue weighted by Crippen LogP contribution is -2.11. The average Bonchev–Trinajstić information content (AvgIpc) is 2.33. The minimum atomic E-state index is 0.658. The number of nitrogens with zero attached hydrogens (tertiary/aromatic N) is 1. The quantitative estimate of drug-likeness (QED) is 0.581. The Balaban J connectivity index is 2.31. The maximum atomic E-state index is 8.42. The molecule has 1 rings (SSSR count). The summed E-state index contributed by atoms with van der Waals surface area (Å²) in [5, 5.41) is 11.7. The molecule has 0 fully saturated rings. The van der Waals surface area contributed by atoms with Gasteiger partial charge in [0.2, 0.25) is 0 Å². The van der Waals surface area contributed by atoms with Gasteiger partial charge < -0.3 is 5.32 Å². The molecule has 1 aromatic rings. The number of nitrogens with one attached hydrogen (secondary N) is 1. The molecule has 0 aliphatic rings. The number of unbranched alkanes of at least 4 members (excludes halogenated alkanes) is 1. The van der Waals surface area contributed by atoms with Crippen molar-refractivity contribution in [2.24, 2.45) is 0 Å². The van der Waals surface area contributed by atoms with Crippen molar-refractivity contribution in [3.63, 3.8) is 0 Å². The SMILES string of the molecule is CCNCc1ccc(SCCCC#N)cc1. The first kappa shape index (κ1) is 13.1. The van der Waals surface area contributed by atoms with Gasteiger partial charge in [0.05, 0.1) is 6.07 Å². The first-order chi connectivity index (χ1) is 7.86. The Kier molecular flexibility index (Phi) is 6.71. The Morgan fingerprint density at radius 3 is 2.69 bits per heavy atom. The van der Waals surface area contributed by atoms with Crippen LogP contribution in [-0.4, -0.2) is 12.3 Å². The minimum absolute atomic E-state index is 0.658. The van der Waals surface area contributed by atoms with E-state index in [1.54, 1.807) is 0 Å². The fourth-order valence-corrected chi connectivity index (χ4v) is 2.17. The Labute approximate surface area is 102 Å². The molecular formula is C13H18N2S. The lowest BCUT2D eigenvalue weighted by molar-refractivity contribution is 0.726. The number of nitriles is 1. The zero-order valence-corrected chi connectivity index (χ0v) is 10.5. The largest absolute Gasteiger partial charge is 0.313 e. The number of hydrogen-bond donors (Lipinski definition) is 1. The molecule has 1 aromatic carbocycles. The predicted molar refractivity (Wildman–Crippen MR) is 69.4 cm³/mol. The Morgan fingerprint density at radius 1 is 1.31 bits per heavy atom. The fraction of sp³-hybridized carbons (Fsp3) is 0.462. The number of thioether (sulfide) groups is 1. The standard InChI is InChI=1S/C13H18N2S/c1-2-15-11-12-5-7-13(8-6-12)16-10-4-3-9-14/h5-8,15H,2-4,10-11H2,1H3. The normalized spacial score (nSPS) is 10.0. The molecule has 3 heteroatoms. The van der Waals surface area contributed by atoms with Gasteiger partial charge in [0.1, 0.15) is 0 Å². The van der Waals surface area contributed by atoms with Crippen LogP contribution in [0, 0.1) is 11.3 Å². The van der Waals surface area contributed by atoms with Gasteiger partial charge in [-0.1, -0.05) is 19.1 Å². The van der Waals surface area contributed by atoms with Gasteiger partial charge in [-0.2, -0.15) is 5.26 Å². The zero-order valence-electron chi connectivity index (χ0n) is 9.70. The molecule has 1 N–H and O–H groups in total. The van der Waals surface area contributed by atoms with Crippen LogP contribution in [0.3, 0.4) is 0 Å². The number of rotatable bonds is 7. The van der Waals surface area contributed by atoms with Crippen LogP contribution in [-0.2, 0) is 6.54 Å². The molecule has 2 nitrogen and oxygen atoms in total. The van der Waals surface area contributed by atoms with Crippen LogP contribution < -0.4 is 5.32 Å². The van der Waals surface area contributed by atoms with Crippen LogP contribution in [0.25, 0.3) is 0 Å². The summed E-state index contributed by atoms with van der Waals surface area (Å²) in [4.78, 5) is 1.29. The van der Waals surface area contributed by atoms with E-state index in [9.17, 15) is 0 Å². The maximum absolute atomic E-state index is 8.42. The Bertz CT molecular complexity index is 327. The molecule has 0 saturated carbocycles. The third-order valence-corrected chi connectivity index (χ3v) is 3.30. The molecule has 0 radical (unpaired) electrons. The third-order valence-electron chi connectivity index (χ3n) is 2.20. The van der Waals surface area contributed by atoms with Crippen LogP contribution in [0.1, 0.15) is 25.3 Å². The van der Waals surface area contributed by atoms with E-state index in [1.807, 2.05) is 11.8 Å². The highest BCUT2D eigenvalue weighted by molar-refractivity contribution is 7.99. The summed E-state index contributed by atoms with van der Waals surface area (Å²) in [5.74, 6) is 1.03. The van der Waals surface area contributed by atoms with Crippen LogP contribution in [0.4, 0.5) is 0 Å². The topological polar surface area (TPSA) is 35.8 Å². The van der Waals surface area contributed by atoms with E-state index in [0.29, 0.717) is 6.42 Å². The molecule has 0 heterocycles. The van der Waals surface area contributed by atoms with Gasteiger partial charge in [-0.3, -0.25) is 0 Å². The molecular weight excluding hydrogens is 216 g/mol. The molecule has 0 aliphatic heterocycles. The average molecular weight is 234 g/mol. The summed E-state index contributed by atoms with van der Waals surface area (Å²) in [6, 6.07) is 10.8. The molecule has 0 bridgehead atoms. The van der Waals surface area contributed by atoms with E-state index in [4.69, 9.17) is 5.26 Å². The summed E-state index contributed by atoms with van der Waals surface area (Å²) in [5.41, 5.74) is 1.32. The number of benzene rings is 1. The molecule has 0 amide bonds. The molecule has 0 saturated heterocycles. The highest BCUT2D eigenvalue weighted by Crippen LogP contribution is 2.19. The van der Waals surface area contributed by atoms with Crippen molar-refractivity contribution >= 4 is 11.8 Å². The Morgan fingerprint density at radius 2 is 2.06 bits per heavy atom. The molecule has 0 aromatic heterocycles. The lowest BCUT2D eigenvalue weighted by atomic mass is 10.2. The highest BCUT2D eigenvalue weighted by Gasteiger charge is 1.95. The van der Waals surface area contributed by atoms with Gasteiger partial charge >= 0.3 is 0 Å². The summed E-state index contributed by atoms with van der Waals surface area (Å²) in [6.07, 6.45) is 1.63. The van der Waals surface area contributed by atoms with Crippen LogP contribution >= 0.6 is 11.8 Å². The molecule has 0 spiro atoms. The van der Waals surface area contributed by atoms with E-state index in [2.05, 4.69) is 42.6 Å². The van der Waals surface area contributed by atoms with Crippen molar-refractivity contribution < 1.29 is 0 Å². The second kappa shape index (κ2) is 8.20. The van der Waals surface area contributed by atoms with E-state index >= 15 is 0 Å². The van der Waals surface area contributed by atoms with Gasteiger partial charge in [-0.05, 0) is 36.4 Å². The summed E-state index contributed by atoms with van der Waals surface area (Å²) >= 11 is 1.82. The van der Waals surface area contributed by atoms with Crippen molar-refractivity contribution in [2.75, 3.05) is 12.3 Å². The third kappa shape index (κ3) is 5.20. The molecule has 0 atom stereocenters. The van der Waals surface area contributed by atoms with Gasteiger partial charge in [0, 0.05) is 17.9 Å². The fourth-order valence-electron chi connectivity index (χ4n) is 1.31. The van der Waals surface area contributed by atoms with Gasteiger partial charge in [-0.25, -0.2) is 0 Å².